The lowest BCUT2D eigenvalue weighted by molar-refractivity contribution is -0.146. The molecule has 4 rings (SSSR count). The van der Waals surface area contributed by atoms with Gasteiger partial charge in [-0.1, -0.05) is 30.9 Å². The van der Waals surface area contributed by atoms with Crippen LogP contribution in [0.1, 0.15) is 51.4 Å². The smallest absolute Gasteiger partial charge is 0.243 e. The Labute approximate surface area is 207 Å². The van der Waals surface area contributed by atoms with Crippen molar-refractivity contribution in [2.45, 2.75) is 80.6 Å². The maximum Gasteiger partial charge on any atom is 0.243 e. The molecule has 0 spiro atoms. The number of nitrogens with one attached hydrogen (secondary N) is 1. The average Bonchev–Trinajstić information content (AvgIpc) is 2.81. The fraction of sp³-hybridized carbons (Fsp3) is 0.708. The Kier molecular flexibility index (Phi) is 8.87. The van der Waals surface area contributed by atoms with E-state index in [9.17, 15) is 18.3 Å². The lowest BCUT2D eigenvalue weighted by Crippen LogP contribution is -2.57. The van der Waals surface area contributed by atoms with Gasteiger partial charge in [0.15, 0.2) is 0 Å². The number of ether oxygens (including phenoxy) is 2. The summed E-state index contributed by atoms with van der Waals surface area (Å²) in [6.07, 6.45) is 5.69. The number of benzene rings is 1. The van der Waals surface area contributed by atoms with Gasteiger partial charge in [0, 0.05) is 18.1 Å². The standard InChI is InChI=1S/C24H35ClN2O6S/c25-18-6-9-21(10-7-18)34(30,31)27-14-19(28)15-32-16-23-22(27)11-8-20(33-23)12-24(29)26-13-17-4-2-1-3-5-17/h6-7,9-10,17,19-20,22-23,28H,1-5,8,11-16H2,(H,26,29)/t19-,20-,22-,23+/m0/s1. The van der Waals surface area contributed by atoms with Gasteiger partial charge in [-0.05, 0) is 55.9 Å². The van der Waals surface area contributed by atoms with Crippen molar-refractivity contribution < 1.29 is 27.8 Å². The third-order valence-electron chi connectivity index (χ3n) is 7.08. The number of hydrogen-bond acceptors (Lipinski definition) is 6. The van der Waals surface area contributed by atoms with E-state index in [-0.39, 0.29) is 43.1 Å². The molecule has 3 aliphatic rings. The number of aliphatic hydroxyl groups is 1. The number of amides is 1. The normalized spacial score (nSPS) is 29.6. The number of carbonyl (C=O) groups excluding carboxylic acids is 1. The van der Waals surface area contributed by atoms with Crippen LogP contribution in [0.15, 0.2) is 29.2 Å². The van der Waals surface area contributed by atoms with Gasteiger partial charge in [-0.25, -0.2) is 8.42 Å². The van der Waals surface area contributed by atoms with E-state index >= 15 is 0 Å². The lowest BCUT2D eigenvalue weighted by atomic mass is 9.89. The molecule has 0 bridgehead atoms. The first-order valence-electron chi connectivity index (χ1n) is 12.3. The summed E-state index contributed by atoms with van der Waals surface area (Å²) in [5, 5.41) is 13.8. The van der Waals surface area contributed by atoms with Gasteiger partial charge in [0.1, 0.15) is 0 Å². The molecule has 1 aliphatic carbocycles. The predicted molar refractivity (Wildman–Crippen MR) is 128 cm³/mol. The molecule has 34 heavy (non-hydrogen) atoms. The first-order chi connectivity index (χ1) is 16.3. The minimum atomic E-state index is -3.88. The Morgan fingerprint density at radius 3 is 2.56 bits per heavy atom. The van der Waals surface area contributed by atoms with Gasteiger partial charge >= 0.3 is 0 Å². The van der Waals surface area contributed by atoms with Gasteiger partial charge in [0.05, 0.1) is 48.9 Å². The van der Waals surface area contributed by atoms with E-state index < -0.39 is 28.3 Å². The third-order valence-corrected chi connectivity index (χ3v) is 9.24. The Hall–Kier alpha value is -1.23. The summed E-state index contributed by atoms with van der Waals surface area (Å²) in [6, 6.07) is 5.52. The molecule has 4 atom stereocenters. The minimum Gasteiger partial charge on any atom is -0.389 e. The summed E-state index contributed by atoms with van der Waals surface area (Å²) in [5.74, 6) is 0.535. The first-order valence-corrected chi connectivity index (χ1v) is 14.1. The molecular formula is C24H35ClN2O6S. The van der Waals surface area contributed by atoms with Crippen LogP contribution in [0.25, 0.3) is 0 Å². The van der Waals surface area contributed by atoms with Gasteiger partial charge in [0.2, 0.25) is 15.9 Å². The fourth-order valence-electron chi connectivity index (χ4n) is 5.24. The maximum absolute atomic E-state index is 13.5. The van der Waals surface area contributed by atoms with E-state index in [2.05, 4.69) is 5.32 Å². The molecule has 2 heterocycles. The highest BCUT2D eigenvalue weighted by Crippen LogP contribution is 2.32. The van der Waals surface area contributed by atoms with Crippen LogP contribution >= 0.6 is 11.6 Å². The molecule has 0 radical (unpaired) electrons. The van der Waals surface area contributed by atoms with E-state index in [1.165, 1.54) is 60.7 Å². The fourth-order valence-corrected chi connectivity index (χ4v) is 7.08. The zero-order valence-corrected chi connectivity index (χ0v) is 21.0. The monoisotopic (exact) mass is 514 g/mol. The first kappa shape index (κ1) is 25.9. The Morgan fingerprint density at radius 2 is 1.82 bits per heavy atom. The molecule has 8 nitrogen and oxygen atoms in total. The zero-order valence-electron chi connectivity index (χ0n) is 19.4. The second-order valence-electron chi connectivity index (χ2n) is 9.67. The second kappa shape index (κ2) is 11.7. The molecule has 1 saturated carbocycles. The summed E-state index contributed by atoms with van der Waals surface area (Å²) in [7, 11) is -3.88. The molecule has 190 valence electrons. The SMILES string of the molecule is O=C(C[C@@H]1CC[C@H]2[C@@H](COC[C@@H](O)CN2S(=O)(=O)c2ccc(Cl)cc2)O1)NCC1CCCCC1. The Balaban J connectivity index is 1.40. The molecule has 10 heteroatoms. The zero-order chi connectivity index (χ0) is 24.1. The van der Waals surface area contributed by atoms with Crippen LogP contribution in [0.4, 0.5) is 0 Å². The summed E-state index contributed by atoms with van der Waals surface area (Å²) in [4.78, 5) is 12.7. The number of fused-ring (bicyclic) bond motifs is 1. The van der Waals surface area contributed by atoms with Crippen molar-refractivity contribution in [1.82, 2.24) is 9.62 Å². The molecule has 1 aromatic carbocycles. The number of β-amino-alcohol motifs (C(OH)–C–C–N with tert-alkyl or cyclic N) is 1. The third kappa shape index (κ3) is 6.50. The van der Waals surface area contributed by atoms with Crippen molar-refractivity contribution in [3.05, 3.63) is 29.3 Å². The number of halogens is 1. The predicted octanol–water partition coefficient (Wildman–Crippen LogP) is 2.72. The van der Waals surface area contributed by atoms with E-state index in [4.69, 9.17) is 21.1 Å². The molecule has 0 aromatic heterocycles. The molecule has 2 aliphatic heterocycles. The van der Waals surface area contributed by atoms with Crippen molar-refractivity contribution in [3.63, 3.8) is 0 Å². The minimum absolute atomic E-state index is 0.0196. The molecular weight excluding hydrogens is 480 g/mol. The Bertz CT molecular complexity index is 922. The van der Waals surface area contributed by atoms with Gasteiger partial charge < -0.3 is 19.9 Å². The van der Waals surface area contributed by atoms with E-state index in [0.29, 0.717) is 30.3 Å². The van der Waals surface area contributed by atoms with Crippen molar-refractivity contribution in [2.24, 2.45) is 5.92 Å². The molecule has 1 aromatic rings. The largest absolute Gasteiger partial charge is 0.389 e. The number of aliphatic hydroxyl groups excluding tert-OH is 1. The molecule has 1 amide bonds. The second-order valence-corrected chi connectivity index (χ2v) is 12.0. The quantitative estimate of drug-likeness (QED) is 0.604. The summed E-state index contributed by atoms with van der Waals surface area (Å²) in [5.41, 5.74) is 0. The van der Waals surface area contributed by atoms with Crippen LogP contribution in [0.5, 0.6) is 0 Å². The maximum atomic E-state index is 13.5. The number of carbonyl (C=O) groups is 1. The highest BCUT2D eigenvalue weighted by atomic mass is 35.5. The van der Waals surface area contributed by atoms with E-state index in [0.717, 1.165) is 0 Å². The van der Waals surface area contributed by atoms with Crippen molar-refractivity contribution in [1.29, 1.82) is 0 Å². The van der Waals surface area contributed by atoms with Crippen molar-refractivity contribution in [2.75, 3.05) is 26.3 Å². The number of nitrogens with zero attached hydrogens (tertiary/aromatic N) is 1. The molecule has 3 fully saturated rings. The molecule has 0 unspecified atom stereocenters. The van der Waals surface area contributed by atoms with Gasteiger partial charge in [-0.2, -0.15) is 4.31 Å². The van der Waals surface area contributed by atoms with E-state index in [1.807, 2.05) is 0 Å². The van der Waals surface area contributed by atoms with Crippen LogP contribution in [-0.2, 0) is 24.3 Å². The number of rotatable bonds is 6. The summed E-state index contributed by atoms with van der Waals surface area (Å²) >= 11 is 5.94. The van der Waals surface area contributed by atoms with Crippen molar-refractivity contribution in [3.8, 4) is 0 Å². The molecule has 2 N–H and O–H groups in total. The highest BCUT2D eigenvalue weighted by molar-refractivity contribution is 7.89. The summed E-state index contributed by atoms with van der Waals surface area (Å²) < 4.78 is 40.1. The molecule has 2 saturated heterocycles. The number of sulfonamides is 1. The van der Waals surface area contributed by atoms with Crippen LogP contribution < -0.4 is 5.32 Å². The average molecular weight is 515 g/mol. The number of hydrogen-bond donors (Lipinski definition) is 2. The van der Waals surface area contributed by atoms with Crippen LogP contribution in [-0.4, -0.2) is 74.4 Å². The van der Waals surface area contributed by atoms with Crippen LogP contribution in [0.2, 0.25) is 5.02 Å². The van der Waals surface area contributed by atoms with Gasteiger partial charge in [0.25, 0.3) is 0 Å². The van der Waals surface area contributed by atoms with Crippen molar-refractivity contribution >= 4 is 27.5 Å². The van der Waals surface area contributed by atoms with Crippen LogP contribution in [0, 0.1) is 5.92 Å². The highest BCUT2D eigenvalue weighted by Gasteiger charge is 2.43. The van der Waals surface area contributed by atoms with Gasteiger partial charge in [-0.3, -0.25) is 4.79 Å². The van der Waals surface area contributed by atoms with Gasteiger partial charge in [-0.15, -0.1) is 0 Å². The summed E-state index contributed by atoms with van der Waals surface area (Å²) in [6.45, 7) is 0.814. The lowest BCUT2D eigenvalue weighted by Gasteiger charge is -2.43. The van der Waals surface area contributed by atoms with Crippen LogP contribution in [0.3, 0.4) is 0 Å². The topological polar surface area (TPSA) is 105 Å². The Morgan fingerprint density at radius 1 is 1.09 bits per heavy atom. The van der Waals surface area contributed by atoms with E-state index in [1.54, 1.807) is 0 Å².